The number of carbonyl (C=O) groups is 2. The van der Waals surface area contributed by atoms with Crippen molar-refractivity contribution in [2.24, 2.45) is 0 Å². The normalized spacial score (nSPS) is 10.9. The van der Waals surface area contributed by atoms with Gasteiger partial charge in [-0.3, -0.25) is 9.59 Å². The first-order valence-electron chi connectivity index (χ1n) is 9.95. The Bertz CT molecular complexity index is 1300. The topological polar surface area (TPSA) is 123 Å². The van der Waals surface area contributed by atoms with E-state index >= 15 is 0 Å². The molecule has 9 nitrogen and oxygen atoms in total. The highest BCUT2D eigenvalue weighted by Gasteiger charge is 2.18. The van der Waals surface area contributed by atoms with Crippen LogP contribution in [-0.2, 0) is 6.54 Å². The van der Waals surface area contributed by atoms with E-state index in [0.29, 0.717) is 51.4 Å². The number of nitrogens with one attached hydrogen (secondary N) is 2. The van der Waals surface area contributed by atoms with Crippen LogP contribution >= 0.6 is 0 Å². The Morgan fingerprint density at radius 1 is 1.00 bits per heavy atom. The molecule has 0 aliphatic carbocycles. The van der Waals surface area contributed by atoms with Crippen LogP contribution in [0.5, 0.6) is 0 Å². The van der Waals surface area contributed by atoms with E-state index in [1.54, 1.807) is 52.0 Å². The predicted molar refractivity (Wildman–Crippen MR) is 115 cm³/mol. The third-order valence-electron chi connectivity index (χ3n) is 4.91. The summed E-state index contributed by atoms with van der Waals surface area (Å²) in [5.41, 5.74) is 2.87. The van der Waals surface area contributed by atoms with Crippen LogP contribution in [0.25, 0.3) is 11.5 Å². The van der Waals surface area contributed by atoms with Crippen LogP contribution in [0.2, 0.25) is 0 Å². The molecule has 3 heterocycles. The minimum Gasteiger partial charge on any atom is -0.466 e. The smallest absolute Gasteiger partial charge is 0.289 e. The van der Waals surface area contributed by atoms with E-state index < -0.39 is 0 Å². The summed E-state index contributed by atoms with van der Waals surface area (Å²) in [6.45, 7) is 7.18. The quantitative estimate of drug-likeness (QED) is 0.463. The maximum atomic E-state index is 12.6. The van der Waals surface area contributed by atoms with Crippen molar-refractivity contribution in [2.45, 2.75) is 34.2 Å². The second kappa shape index (κ2) is 8.54. The largest absolute Gasteiger partial charge is 0.466 e. The second-order valence-electron chi connectivity index (χ2n) is 7.33. The number of benzene rings is 1. The van der Waals surface area contributed by atoms with Gasteiger partial charge in [0.15, 0.2) is 6.39 Å². The molecule has 0 radical (unpaired) electrons. The number of hydrogen-bond donors (Lipinski definition) is 2. The molecule has 4 aromatic rings. The Labute approximate surface area is 183 Å². The van der Waals surface area contributed by atoms with E-state index in [1.165, 1.54) is 6.39 Å². The second-order valence-corrected chi connectivity index (χ2v) is 7.33. The van der Waals surface area contributed by atoms with Gasteiger partial charge in [-0.2, -0.15) is 0 Å². The molecule has 0 unspecified atom stereocenters. The predicted octanol–water partition coefficient (Wildman–Crippen LogP) is 4.34. The summed E-state index contributed by atoms with van der Waals surface area (Å²) >= 11 is 0. The third-order valence-corrected chi connectivity index (χ3v) is 4.91. The van der Waals surface area contributed by atoms with Crippen LogP contribution in [0.4, 0.5) is 5.69 Å². The first-order valence-corrected chi connectivity index (χ1v) is 9.95. The lowest BCUT2D eigenvalue weighted by molar-refractivity contribution is 0.0921. The highest BCUT2D eigenvalue weighted by Crippen LogP contribution is 2.25. The maximum Gasteiger partial charge on any atom is 0.289 e. The number of nitrogens with zero attached hydrogens (tertiary/aromatic N) is 2. The number of anilines is 1. The number of furan rings is 1. The lowest BCUT2D eigenvalue weighted by Gasteiger charge is -2.05. The Hall–Kier alpha value is -4.14. The van der Waals surface area contributed by atoms with Crippen molar-refractivity contribution < 1.29 is 22.8 Å². The molecular weight excluding hydrogens is 412 g/mol. The zero-order valence-electron chi connectivity index (χ0n) is 18.1. The number of carbonyl (C=O) groups excluding carboxylic acids is 2. The minimum absolute atomic E-state index is 0.165. The summed E-state index contributed by atoms with van der Waals surface area (Å²) in [6.07, 6.45) is 1.23. The van der Waals surface area contributed by atoms with Gasteiger partial charge in [0.25, 0.3) is 11.8 Å². The molecule has 0 aliphatic rings. The summed E-state index contributed by atoms with van der Waals surface area (Å²) in [7, 11) is 0. The van der Waals surface area contributed by atoms with E-state index in [4.69, 9.17) is 13.3 Å². The Morgan fingerprint density at radius 2 is 1.81 bits per heavy atom. The Kier molecular flexibility index (Phi) is 5.63. The lowest BCUT2D eigenvalue weighted by atomic mass is 10.2. The maximum absolute atomic E-state index is 12.6. The first kappa shape index (κ1) is 21.1. The van der Waals surface area contributed by atoms with Crippen molar-refractivity contribution in [2.75, 3.05) is 5.32 Å². The van der Waals surface area contributed by atoms with E-state index in [1.807, 2.05) is 6.07 Å². The van der Waals surface area contributed by atoms with Crippen molar-refractivity contribution in [1.82, 2.24) is 15.3 Å². The van der Waals surface area contributed by atoms with Crippen molar-refractivity contribution >= 4 is 17.5 Å². The molecule has 0 atom stereocenters. The average Bonchev–Trinajstić information content (AvgIpc) is 3.44. The summed E-state index contributed by atoms with van der Waals surface area (Å²) in [4.78, 5) is 33.2. The van der Waals surface area contributed by atoms with Gasteiger partial charge in [-0.05, 0) is 52.0 Å². The number of amides is 2. The van der Waals surface area contributed by atoms with Crippen LogP contribution in [0, 0.1) is 27.7 Å². The van der Waals surface area contributed by atoms with Crippen LogP contribution in [0.3, 0.4) is 0 Å². The van der Waals surface area contributed by atoms with Gasteiger partial charge < -0.3 is 23.9 Å². The van der Waals surface area contributed by atoms with E-state index in [0.717, 1.165) is 0 Å². The highest BCUT2D eigenvalue weighted by molar-refractivity contribution is 6.05. The summed E-state index contributed by atoms with van der Waals surface area (Å²) in [5.74, 6) is 1.73. The fraction of sp³-hybridized carbons (Fsp3) is 0.217. The fourth-order valence-corrected chi connectivity index (χ4v) is 3.26. The van der Waals surface area contributed by atoms with Gasteiger partial charge in [0, 0.05) is 11.3 Å². The van der Waals surface area contributed by atoms with Crippen molar-refractivity contribution in [3.05, 3.63) is 76.7 Å². The SMILES string of the molecule is Cc1cc(C(=O)Nc2cccc(-c3nc(CNC(=O)c4ocnc4C)c(C)o3)c2)c(C)o1. The fourth-order valence-electron chi connectivity index (χ4n) is 3.26. The standard InChI is InChI=1S/C23H22N4O5/c1-12-8-18(14(3)31-12)21(28)26-17-7-5-6-16(9-17)23-27-19(15(4)32-23)10-24-22(29)20-13(2)25-11-30-20/h5-9,11H,10H2,1-4H3,(H,24,29)(H,26,28). The number of rotatable bonds is 6. The molecule has 4 rings (SSSR count). The number of oxazole rings is 2. The average molecular weight is 434 g/mol. The molecular formula is C23H22N4O5. The zero-order valence-corrected chi connectivity index (χ0v) is 18.1. The molecule has 0 spiro atoms. The number of hydrogen-bond acceptors (Lipinski definition) is 7. The minimum atomic E-state index is -0.376. The molecule has 164 valence electrons. The Morgan fingerprint density at radius 3 is 2.50 bits per heavy atom. The summed E-state index contributed by atoms with van der Waals surface area (Å²) in [5, 5.41) is 5.61. The zero-order chi connectivity index (χ0) is 22.8. The molecule has 3 aromatic heterocycles. The van der Waals surface area contributed by atoms with E-state index in [-0.39, 0.29) is 24.1 Å². The first-order chi connectivity index (χ1) is 15.3. The van der Waals surface area contributed by atoms with Gasteiger partial charge in [0.05, 0.1) is 17.8 Å². The molecule has 2 N–H and O–H groups in total. The van der Waals surface area contributed by atoms with Crippen LogP contribution in [0.15, 0.2) is 50.0 Å². The van der Waals surface area contributed by atoms with Gasteiger partial charge in [0.2, 0.25) is 11.7 Å². The van der Waals surface area contributed by atoms with Crippen molar-refractivity contribution in [1.29, 1.82) is 0 Å². The molecule has 2 amide bonds. The van der Waals surface area contributed by atoms with Gasteiger partial charge in [-0.15, -0.1) is 0 Å². The third kappa shape index (κ3) is 4.31. The molecule has 1 aromatic carbocycles. The van der Waals surface area contributed by atoms with Gasteiger partial charge in [-0.1, -0.05) is 6.07 Å². The monoisotopic (exact) mass is 434 g/mol. The Balaban J connectivity index is 1.47. The number of aryl methyl sites for hydroxylation is 4. The molecule has 32 heavy (non-hydrogen) atoms. The van der Waals surface area contributed by atoms with Crippen molar-refractivity contribution in [3.63, 3.8) is 0 Å². The van der Waals surface area contributed by atoms with Crippen LogP contribution in [-0.4, -0.2) is 21.8 Å². The summed E-state index contributed by atoms with van der Waals surface area (Å²) < 4.78 is 16.3. The number of aromatic nitrogens is 2. The van der Waals surface area contributed by atoms with E-state index in [9.17, 15) is 9.59 Å². The van der Waals surface area contributed by atoms with E-state index in [2.05, 4.69) is 20.6 Å². The van der Waals surface area contributed by atoms with Crippen molar-refractivity contribution in [3.8, 4) is 11.5 Å². The molecule has 0 aliphatic heterocycles. The molecule has 0 fully saturated rings. The van der Waals surface area contributed by atoms with Crippen LogP contribution < -0.4 is 10.6 Å². The molecule has 0 bridgehead atoms. The highest BCUT2D eigenvalue weighted by atomic mass is 16.4. The lowest BCUT2D eigenvalue weighted by Crippen LogP contribution is -2.23. The van der Waals surface area contributed by atoms with Gasteiger partial charge in [-0.25, -0.2) is 9.97 Å². The molecule has 9 heteroatoms. The van der Waals surface area contributed by atoms with Gasteiger partial charge >= 0.3 is 0 Å². The molecule has 0 saturated heterocycles. The van der Waals surface area contributed by atoms with Gasteiger partial charge in [0.1, 0.15) is 23.0 Å². The van der Waals surface area contributed by atoms with Crippen LogP contribution in [0.1, 0.15) is 49.6 Å². The molecule has 0 saturated carbocycles. The summed E-state index contributed by atoms with van der Waals surface area (Å²) in [6, 6.07) is 8.87.